The highest BCUT2D eigenvalue weighted by Crippen LogP contribution is 2.31. The highest BCUT2D eigenvalue weighted by atomic mass is 16.1. The number of carbonyl (C=O) groups is 1. The molecule has 0 aliphatic heterocycles. The molecule has 0 radical (unpaired) electrons. The van der Waals surface area contributed by atoms with Crippen LogP contribution in [0, 0.1) is 0 Å². The number of ketones is 1. The largest absolute Gasteiger partial charge is 0.293 e. The third-order valence-electron chi connectivity index (χ3n) is 5.12. The Kier molecular flexibility index (Phi) is 5.91. The fraction of sp³-hybridized carbons (Fsp3) is 0.269. The third kappa shape index (κ3) is 4.36. The molecule has 0 bridgehead atoms. The summed E-state index contributed by atoms with van der Waals surface area (Å²) in [6.45, 7) is 8.72. The summed E-state index contributed by atoms with van der Waals surface area (Å²) in [6.07, 6.45) is 0. The van der Waals surface area contributed by atoms with Crippen LogP contribution >= 0.6 is 0 Å². The third-order valence-corrected chi connectivity index (χ3v) is 5.12. The van der Waals surface area contributed by atoms with Gasteiger partial charge in [-0.1, -0.05) is 94.4 Å². The van der Waals surface area contributed by atoms with Gasteiger partial charge in [0, 0.05) is 5.56 Å². The zero-order valence-corrected chi connectivity index (χ0v) is 16.6. The van der Waals surface area contributed by atoms with Crippen molar-refractivity contribution in [3.8, 4) is 0 Å². The van der Waals surface area contributed by atoms with Gasteiger partial charge >= 0.3 is 0 Å². The summed E-state index contributed by atoms with van der Waals surface area (Å²) in [7, 11) is 0. The fourth-order valence-corrected chi connectivity index (χ4v) is 3.44. The number of benzene rings is 3. The van der Waals surface area contributed by atoms with Crippen molar-refractivity contribution in [3.05, 3.63) is 107 Å². The van der Waals surface area contributed by atoms with Gasteiger partial charge in [-0.05, 0) is 46.2 Å². The lowest BCUT2D eigenvalue weighted by atomic mass is 9.83. The zero-order chi connectivity index (χ0) is 19.4. The molecule has 0 saturated heterocycles. The lowest BCUT2D eigenvalue weighted by Gasteiger charge is -2.20. The van der Waals surface area contributed by atoms with Gasteiger partial charge in [0.2, 0.25) is 0 Å². The summed E-state index contributed by atoms with van der Waals surface area (Å²) in [6, 6.07) is 26.6. The molecule has 3 aromatic carbocycles. The smallest absolute Gasteiger partial charge is 0.174 e. The first-order chi connectivity index (χ1) is 13.0. The Bertz CT molecular complexity index is 826. The fourth-order valence-electron chi connectivity index (χ4n) is 3.44. The molecule has 0 fully saturated rings. The Balaban J connectivity index is 2.12. The molecular formula is C26H28O. The van der Waals surface area contributed by atoms with Gasteiger partial charge < -0.3 is 0 Å². The van der Waals surface area contributed by atoms with E-state index < -0.39 is 0 Å². The first kappa shape index (κ1) is 19.1. The van der Waals surface area contributed by atoms with E-state index in [2.05, 4.69) is 45.9 Å². The molecule has 0 amide bonds. The van der Waals surface area contributed by atoms with E-state index in [0.717, 1.165) is 16.7 Å². The molecule has 0 saturated carbocycles. The molecule has 0 unspecified atom stereocenters. The predicted molar refractivity (Wildman–Crippen MR) is 114 cm³/mol. The van der Waals surface area contributed by atoms with E-state index in [1.807, 2.05) is 60.7 Å². The molecule has 0 N–H and O–H groups in total. The minimum atomic E-state index is -0.283. The molecule has 138 valence electrons. The van der Waals surface area contributed by atoms with E-state index in [1.165, 1.54) is 11.1 Å². The van der Waals surface area contributed by atoms with Gasteiger partial charge in [-0.2, -0.15) is 0 Å². The molecule has 1 heteroatoms. The number of hydrogen-bond acceptors (Lipinski definition) is 1. The van der Waals surface area contributed by atoms with E-state index in [0.29, 0.717) is 11.8 Å². The van der Waals surface area contributed by atoms with Gasteiger partial charge in [-0.25, -0.2) is 0 Å². The summed E-state index contributed by atoms with van der Waals surface area (Å²) >= 11 is 0. The van der Waals surface area contributed by atoms with Gasteiger partial charge in [0.1, 0.15) is 0 Å². The highest BCUT2D eigenvalue weighted by molar-refractivity contribution is 6.03. The molecule has 0 spiro atoms. The molecule has 0 aliphatic carbocycles. The number of hydrogen-bond donors (Lipinski definition) is 0. The number of rotatable bonds is 6. The second kappa shape index (κ2) is 8.35. The first-order valence-corrected chi connectivity index (χ1v) is 9.76. The average molecular weight is 357 g/mol. The van der Waals surface area contributed by atoms with Gasteiger partial charge in [0.05, 0.1) is 5.92 Å². The minimum absolute atomic E-state index is 0.164. The summed E-state index contributed by atoms with van der Waals surface area (Å²) in [4.78, 5) is 13.7. The predicted octanol–water partition coefficient (Wildman–Crippen LogP) is 6.95. The van der Waals surface area contributed by atoms with Crippen molar-refractivity contribution in [2.45, 2.75) is 45.4 Å². The minimum Gasteiger partial charge on any atom is -0.293 e. The van der Waals surface area contributed by atoms with Crippen LogP contribution in [0.25, 0.3) is 0 Å². The normalized spacial score (nSPS) is 11.4. The molecule has 0 heterocycles. The van der Waals surface area contributed by atoms with Crippen LogP contribution in [0.15, 0.2) is 78.9 Å². The van der Waals surface area contributed by atoms with Gasteiger partial charge in [-0.3, -0.25) is 4.79 Å². The van der Waals surface area contributed by atoms with Gasteiger partial charge in [0.15, 0.2) is 5.78 Å². The van der Waals surface area contributed by atoms with Crippen LogP contribution in [0.5, 0.6) is 0 Å². The molecule has 27 heavy (non-hydrogen) atoms. The van der Waals surface area contributed by atoms with E-state index in [1.54, 1.807) is 0 Å². The van der Waals surface area contributed by atoms with Crippen LogP contribution in [0.2, 0.25) is 0 Å². The summed E-state index contributed by atoms with van der Waals surface area (Å²) < 4.78 is 0. The Morgan fingerprint density at radius 1 is 0.593 bits per heavy atom. The lowest BCUT2D eigenvalue weighted by molar-refractivity contribution is 0.0973. The van der Waals surface area contributed by atoms with Crippen LogP contribution in [0.1, 0.15) is 78.1 Å². The van der Waals surface area contributed by atoms with Crippen molar-refractivity contribution in [1.82, 2.24) is 0 Å². The molecule has 0 aliphatic rings. The van der Waals surface area contributed by atoms with Gasteiger partial charge in [-0.15, -0.1) is 0 Å². The van der Waals surface area contributed by atoms with Crippen molar-refractivity contribution < 1.29 is 4.79 Å². The standard InChI is InChI=1S/C26H28O/c1-18(2)22-15-23(19(3)4)17-24(16-22)26(27)25(20-11-7-5-8-12-20)21-13-9-6-10-14-21/h5-19,25H,1-4H3. The van der Waals surface area contributed by atoms with E-state index in [4.69, 9.17) is 0 Å². The lowest BCUT2D eigenvalue weighted by Crippen LogP contribution is -2.15. The summed E-state index contributed by atoms with van der Waals surface area (Å²) in [5.41, 5.74) is 5.33. The molecule has 3 rings (SSSR count). The Hall–Kier alpha value is -2.67. The van der Waals surface area contributed by atoms with Crippen LogP contribution in [-0.2, 0) is 0 Å². The van der Waals surface area contributed by atoms with Gasteiger partial charge in [0.25, 0.3) is 0 Å². The SMILES string of the molecule is CC(C)c1cc(C(=O)C(c2ccccc2)c2ccccc2)cc(C(C)C)c1. The maximum absolute atomic E-state index is 13.7. The van der Waals surface area contributed by atoms with E-state index >= 15 is 0 Å². The maximum atomic E-state index is 13.7. The van der Waals surface area contributed by atoms with Crippen LogP contribution in [0.3, 0.4) is 0 Å². The molecule has 3 aromatic rings. The molecular weight excluding hydrogens is 328 g/mol. The highest BCUT2D eigenvalue weighted by Gasteiger charge is 2.25. The second-order valence-corrected chi connectivity index (χ2v) is 7.82. The summed E-state index contributed by atoms with van der Waals surface area (Å²) in [5.74, 6) is 0.663. The van der Waals surface area contributed by atoms with Crippen LogP contribution in [0.4, 0.5) is 0 Å². The maximum Gasteiger partial charge on any atom is 0.174 e. The quantitative estimate of drug-likeness (QED) is 0.437. The van der Waals surface area contributed by atoms with Crippen LogP contribution < -0.4 is 0 Å². The van der Waals surface area contributed by atoms with Crippen molar-refractivity contribution in [3.63, 3.8) is 0 Å². The monoisotopic (exact) mass is 356 g/mol. The van der Waals surface area contributed by atoms with Crippen LogP contribution in [-0.4, -0.2) is 5.78 Å². The zero-order valence-electron chi connectivity index (χ0n) is 16.6. The van der Waals surface area contributed by atoms with Crippen molar-refractivity contribution in [2.75, 3.05) is 0 Å². The Morgan fingerprint density at radius 3 is 1.37 bits per heavy atom. The van der Waals surface area contributed by atoms with Crippen molar-refractivity contribution >= 4 is 5.78 Å². The first-order valence-electron chi connectivity index (χ1n) is 9.76. The Morgan fingerprint density at radius 2 is 1.00 bits per heavy atom. The summed E-state index contributed by atoms with van der Waals surface area (Å²) in [5, 5.41) is 0. The topological polar surface area (TPSA) is 17.1 Å². The van der Waals surface area contributed by atoms with E-state index in [-0.39, 0.29) is 11.7 Å². The molecule has 0 atom stereocenters. The van der Waals surface area contributed by atoms with Crippen molar-refractivity contribution in [2.24, 2.45) is 0 Å². The molecule has 1 nitrogen and oxygen atoms in total. The van der Waals surface area contributed by atoms with Crippen molar-refractivity contribution in [1.29, 1.82) is 0 Å². The average Bonchev–Trinajstić information content (AvgIpc) is 2.69. The number of Topliss-reactive ketones (excluding diaryl/α,β-unsaturated/α-hetero) is 1. The Labute approximate surface area is 163 Å². The molecule has 0 aromatic heterocycles. The van der Waals surface area contributed by atoms with E-state index in [9.17, 15) is 4.79 Å². The number of carbonyl (C=O) groups excluding carboxylic acids is 1. The second-order valence-electron chi connectivity index (χ2n) is 7.82.